The maximum Gasteiger partial charge on any atom is 0.308 e. The summed E-state index contributed by atoms with van der Waals surface area (Å²) in [4.78, 5) is 33.2. The van der Waals surface area contributed by atoms with Crippen LogP contribution in [0.5, 0.6) is 5.75 Å². The maximum atomic E-state index is 13.2. The van der Waals surface area contributed by atoms with Crippen LogP contribution in [0.3, 0.4) is 0 Å². The molecule has 0 radical (unpaired) electrons. The third-order valence-electron chi connectivity index (χ3n) is 7.05. The van der Waals surface area contributed by atoms with Crippen molar-refractivity contribution in [3.63, 3.8) is 0 Å². The van der Waals surface area contributed by atoms with Crippen LogP contribution < -0.4 is 9.46 Å². The number of hydrogen-bond acceptors (Lipinski definition) is 7. The highest BCUT2D eigenvalue weighted by molar-refractivity contribution is 7.96. The number of carbonyl (C=O) groups excluding carboxylic acids is 2. The number of allylic oxidation sites excluding steroid dienone is 3. The van der Waals surface area contributed by atoms with Crippen LogP contribution in [0.4, 0.5) is 5.69 Å². The number of hydrogen-bond donors (Lipinski definition) is 1. The van der Waals surface area contributed by atoms with Crippen LogP contribution in [0.15, 0.2) is 88.8 Å². The van der Waals surface area contributed by atoms with Gasteiger partial charge >= 0.3 is 5.97 Å². The van der Waals surface area contributed by atoms with Crippen molar-refractivity contribution < 1.29 is 22.7 Å². The molecule has 1 amide bonds. The molecule has 0 aromatic heterocycles. The highest BCUT2D eigenvalue weighted by Crippen LogP contribution is 2.30. The summed E-state index contributed by atoms with van der Waals surface area (Å²) >= 11 is 0. The number of amides is 1. The van der Waals surface area contributed by atoms with Gasteiger partial charge in [-0.2, -0.15) is 0 Å². The number of nitrogens with one attached hydrogen (secondary N) is 1. The number of fused-ring (bicyclic) bond motifs is 1. The van der Waals surface area contributed by atoms with E-state index in [0.717, 1.165) is 18.5 Å². The summed E-state index contributed by atoms with van der Waals surface area (Å²) in [5.41, 5.74) is 1.93. The SMILES string of the molecule is CC(=O)Oc1cccc(CN2CCCN(C(=O)c3ccc(NS(=O)(=O)C4=CC=CC5C=CC=N[C@@H]45)cc3)CC2)c1. The second-order valence-corrected chi connectivity index (χ2v) is 11.7. The van der Waals surface area contributed by atoms with Crippen molar-refractivity contribution in [3.05, 3.63) is 94.9 Å². The van der Waals surface area contributed by atoms with Crippen LogP contribution in [-0.2, 0) is 21.4 Å². The lowest BCUT2D eigenvalue weighted by Gasteiger charge is -2.26. The number of dihydropyridines is 1. The first-order valence-electron chi connectivity index (χ1n) is 13.3. The highest BCUT2D eigenvalue weighted by atomic mass is 32.2. The predicted molar refractivity (Wildman–Crippen MR) is 155 cm³/mol. The number of anilines is 1. The molecule has 2 aromatic carbocycles. The first kappa shape index (κ1) is 27.5. The normalized spacial score (nSPS) is 20.8. The molecule has 3 aliphatic rings. The van der Waals surface area contributed by atoms with Crippen molar-refractivity contribution in [1.29, 1.82) is 0 Å². The van der Waals surface area contributed by atoms with Crippen molar-refractivity contribution in [2.24, 2.45) is 10.9 Å². The Hall–Kier alpha value is -4.02. The Morgan fingerprint density at radius 3 is 2.62 bits per heavy atom. The summed E-state index contributed by atoms with van der Waals surface area (Å²) < 4.78 is 34.1. The highest BCUT2D eigenvalue weighted by Gasteiger charge is 2.32. The molecule has 2 heterocycles. The fourth-order valence-corrected chi connectivity index (χ4v) is 6.48. The number of esters is 1. The van der Waals surface area contributed by atoms with Gasteiger partial charge in [-0.3, -0.25) is 24.2 Å². The Morgan fingerprint density at radius 2 is 1.82 bits per heavy atom. The van der Waals surface area contributed by atoms with Crippen LogP contribution in [0.1, 0.15) is 29.3 Å². The average molecular weight is 561 g/mol. The molecule has 1 unspecified atom stereocenters. The number of carbonyl (C=O) groups is 2. The zero-order valence-electron chi connectivity index (χ0n) is 22.3. The number of benzene rings is 2. The van der Waals surface area contributed by atoms with Gasteiger partial charge in [0.1, 0.15) is 5.75 Å². The van der Waals surface area contributed by atoms with E-state index in [4.69, 9.17) is 4.74 Å². The number of sulfonamides is 1. The van der Waals surface area contributed by atoms with Crippen LogP contribution in [0, 0.1) is 5.92 Å². The summed E-state index contributed by atoms with van der Waals surface area (Å²) in [6, 6.07) is 13.6. The number of aliphatic imine (C=N–C) groups is 1. The van der Waals surface area contributed by atoms with Gasteiger partial charge in [-0.1, -0.05) is 30.4 Å². The molecule has 0 saturated carbocycles. The minimum absolute atomic E-state index is 0.0839. The number of ether oxygens (including phenoxy) is 1. The largest absolute Gasteiger partial charge is 0.427 e. The molecule has 40 heavy (non-hydrogen) atoms. The summed E-state index contributed by atoms with van der Waals surface area (Å²) in [5.74, 6) is 0.00507. The molecule has 0 spiro atoms. The molecular formula is C30H32N4O5S. The third kappa shape index (κ3) is 6.57. The predicted octanol–water partition coefficient (Wildman–Crippen LogP) is 3.78. The van der Waals surface area contributed by atoms with Gasteiger partial charge in [0.2, 0.25) is 0 Å². The van der Waals surface area contributed by atoms with Gasteiger partial charge in [0.05, 0.1) is 10.9 Å². The monoisotopic (exact) mass is 560 g/mol. The molecule has 5 rings (SSSR count). The minimum atomic E-state index is -3.82. The molecular weight excluding hydrogens is 528 g/mol. The van der Waals surface area contributed by atoms with Crippen LogP contribution in [0.25, 0.3) is 0 Å². The van der Waals surface area contributed by atoms with E-state index in [1.54, 1.807) is 48.7 Å². The van der Waals surface area contributed by atoms with E-state index < -0.39 is 16.1 Å². The lowest BCUT2D eigenvalue weighted by Crippen LogP contribution is -2.35. The summed E-state index contributed by atoms with van der Waals surface area (Å²) in [6.07, 6.45) is 11.5. The van der Waals surface area contributed by atoms with Crippen molar-refractivity contribution in [2.45, 2.75) is 25.9 Å². The van der Waals surface area contributed by atoms with Gasteiger partial charge in [0.25, 0.3) is 15.9 Å². The molecule has 2 aliphatic heterocycles. The third-order valence-corrected chi connectivity index (χ3v) is 8.55. The number of rotatable bonds is 7. The van der Waals surface area contributed by atoms with Crippen LogP contribution in [0.2, 0.25) is 0 Å². The van der Waals surface area contributed by atoms with Gasteiger partial charge in [-0.15, -0.1) is 0 Å². The van der Waals surface area contributed by atoms with Crippen LogP contribution in [-0.4, -0.2) is 68.5 Å². The van der Waals surface area contributed by atoms with E-state index in [9.17, 15) is 18.0 Å². The lowest BCUT2D eigenvalue weighted by atomic mass is 9.93. The smallest absolute Gasteiger partial charge is 0.308 e. The van der Waals surface area contributed by atoms with Crippen molar-refractivity contribution in [2.75, 3.05) is 30.9 Å². The van der Waals surface area contributed by atoms with E-state index in [-0.39, 0.29) is 22.7 Å². The molecule has 208 valence electrons. The van der Waals surface area contributed by atoms with Crippen molar-refractivity contribution in [1.82, 2.24) is 9.80 Å². The lowest BCUT2D eigenvalue weighted by molar-refractivity contribution is -0.131. The summed E-state index contributed by atoms with van der Waals surface area (Å²) in [7, 11) is -3.82. The van der Waals surface area contributed by atoms with Gasteiger partial charge < -0.3 is 9.64 Å². The van der Waals surface area contributed by atoms with E-state index in [1.807, 2.05) is 41.3 Å². The topological polar surface area (TPSA) is 108 Å². The van der Waals surface area contributed by atoms with Gasteiger partial charge in [0.15, 0.2) is 0 Å². The standard InChI is InChI=1S/C30H32N4O5S/c1-22(35)39-27-9-2-6-23(20-27)21-33-16-5-17-34(19-18-33)30(36)25-11-13-26(14-12-25)32-40(37,38)28-10-3-7-24-8-4-15-31-29(24)28/h2-4,6-15,20,24,29,32H,5,16-19,21H2,1H3/t24?,29-/m1/s1. The fourth-order valence-electron chi connectivity index (χ4n) is 5.12. The Bertz CT molecular complexity index is 1490. The van der Waals surface area contributed by atoms with Crippen molar-refractivity contribution >= 4 is 33.8 Å². The molecule has 2 atom stereocenters. The Labute approximate surface area is 234 Å². The second kappa shape index (κ2) is 12.0. The van der Waals surface area contributed by atoms with Gasteiger partial charge in [-0.25, -0.2) is 8.42 Å². The Kier molecular flexibility index (Phi) is 8.27. The molecule has 1 fully saturated rings. The average Bonchev–Trinajstić information content (AvgIpc) is 3.18. The maximum absolute atomic E-state index is 13.2. The Balaban J connectivity index is 1.18. The molecule has 1 saturated heterocycles. The van der Waals surface area contributed by atoms with Crippen molar-refractivity contribution in [3.8, 4) is 5.75 Å². The summed E-state index contributed by atoms with van der Waals surface area (Å²) in [5, 5.41) is 0. The van der Waals surface area contributed by atoms with E-state index in [2.05, 4.69) is 14.6 Å². The number of nitrogens with zero attached hydrogens (tertiary/aromatic N) is 3. The summed E-state index contributed by atoms with van der Waals surface area (Å²) in [6.45, 7) is 4.85. The zero-order chi connectivity index (χ0) is 28.1. The van der Waals surface area contributed by atoms with E-state index >= 15 is 0 Å². The quantitative estimate of drug-likeness (QED) is 0.408. The first-order chi connectivity index (χ1) is 19.3. The molecule has 1 aliphatic carbocycles. The van der Waals surface area contributed by atoms with E-state index in [1.165, 1.54) is 6.92 Å². The zero-order valence-corrected chi connectivity index (χ0v) is 23.1. The van der Waals surface area contributed by atoms with Gasteiger partial charge in [0, 0.05) is 63.0 Å². The second-order valence-electron chi connectivity index (χ2n) is 10.0. The molecule has 0 bridgehead atoms. The van der Waals surface area contributed by atoms with Gasteiger partial charge in [-0.05, 0) is 60.5 Å². The molecule has 2 aromatic rings. The first-order valence-corrected chi connectivity index (χ1v) is 14.8. The molecule has 1 N–H and O–H groups in total. The molecule has 9 nitrogen and oxygen atoms in total. The minimum Gasteiger partial charge on any atom is -0.427 e. The Morgan fingerprint density at radius 1 is 1.02 bits per heavy atom. The molecule has 10 heteroatoms. The fraction of sp³-hybridized carbons (Fsp3) is 0.300. The van der Waals surface area contributed by atoms with Crippen LogP contribution >= 0.6 is 0 Å². The van der Waals surface area contributed by atoms with E-state index in [0.29, 0.717) is 43.2 Å².